The number of aromatic nitrogens is 3. The Morgan fingerprint density at radius 2 is 1.30 bits per heavy atom. The van der Waals surface area contributed by atoms with Crippen LogP contribution in [-0.4, -0.2) is 14.1 Å². The van der Waals surface area contributed by atoms with E-state index in [1.165, 1.54) is 55.3 Å². The van der Waals surface area contributed by atoms with E-state index in [1.54, 1.807) is 0 Å². The first-order valence-corrected chi connectivity index (χ1v) is 15.5. The molecule has 0 saturated heterocycles. The first-order chi connectivity index (χ1) is 21.7. The normalized spacial score (nSPS) is 14.6. The largest absolute Gasteiger partial charge is 0.309 e. The second-order valence-electron chi connectivity index (χ2n) is 11.8. The Labute approximate surface area is 260 Å². The molecule has 1 aliphatic carbocycles. The van der Waals surface area contributed by atoms with Gasteiger partial charge in [-0.15, -0.1) is 0 Å². The number of allylic oxidation sites excluding steroid dienone is 1. The number of para-hydroxylation sites is 3. The van der Waals surface area contributed by atoms with Crippen LogP contribution < -0.4 is 0 Å². The summed E-state index contributed by atoms with van der Waals surface area (Å²) in [6.45, 7) is 2.30. The van der Waals surface area contributed by atoms with Crippen molar-refractivity contribution in [2.75, 3.05) is 0 Å². The van der Waals surface area contributed by atoms with Gasteiger partial charge in [0.2, 0.25) is 0 Å². The highest BCUT2D eigenvalue weighted by atomic mass is 35.5. The van der Waals surface area contributed by atoms with Crippen molar-refractivity contribution < 1.29 is 0 Å². The van der Waals surface area contributed by atoms with Crippen molar-refractivity contribution in [3.05, 3.63) is 144 Å². The summed E-state index contributed by atoms with van der Waals surface area (Å²) in [4.78, 5) is 5.09. The van der Waals surface area contributed by atoms with Gasteiger partial charge in [0.1, 0.15) is 5.82 Å². The van der Waals surface area contributed by atoms with Gasteiger partial charge in [-0.3, -0.25) is 4.57 Å². The smallest absolute Gasteiger partial charge is 0.139 e. The van der Waals surface area contributed by atoms with Crippen LogP contribution in [0.15, 0.2) is 127 Å². The molecule has 44 heavy (non-hydrogen) atoms. The Morgan fingerprint density at radius 3 is 2.11 bits per heavy atom. The van der Waals surface area contributed by atoms with Gasteiger partial charge in [-0.25, -0.2) is 4.98 Å². The maximum Gasteiger partial charge on any atom is 0.139 e. The molecule has 1 aliphatic rings. The van der Waals surface area contributed by atoms with Crippen LogP contribution in [-0.2, 0) is 0 Å². The fourth-order valence-corrected chi connectivity index (χ4v) is 7.42. The Morgan fingerprint density at radius 1 is 0.636 bits per heavy atom. The summed E-state index contributed by atoms with van der Waals surface area (Å²) < 4.78 is 4.69. The molecule has 210 valence electrons. The molecule has 0 radical (unpaired) electrons. The maximum atomic E-state index is 6.82. The average molecular weight is 586 g/mol. The molecular weight excluding hydrogens is 558 g/mol. The molecule has 5 aromatic carbocycles. The Balaban J connectivity index is 1.26. The Kier molecular flexibility index (Phi) is 5.60. The molecule has 9 rings (SSSR count). The predicted octanol–water partition coefficient (Wildman–Crippen LogP) is 11.1. The van der Waals surface area contributed by atoms with Crippen LogP contribution in [0.3, 0.4) is 0 Å². The zero-order chi connectivity index (χ0) is 29.4. The lowest BCUT2D eigenvalue weighted by Gasteiger charge is -2.19. The van der Waals surface area contributed by atoms with Crippen molar-refractivity contribution in [3.8, 4) is 22.6 Å². The van der Waals surface area contributed by atoms with Crippen LogP contribution >= 0.6 is 11.6 Å². The van der Waals surface area contributed by atoms with E-state index < -0.39 is 0 Å². The molecule has 0 spiro atoms. The molecule has 4 heteroatoms. The van der Waals surface area contributed by atoms with Crippen LogP contribution in [0.5, 0.6) is 0 Å². The van der Waals surface area contributed by atoms with Crippen molar-refractivity contribution in [1.29, 1.82) is 0 Å². The number of halogens is 1. The van der Waals surface area contributed by atoms with Crippen molar-refractivity contribution in [2.45, 2.75) is 19.3 Å². The molecule has 3 aromatic heterocycles. The van der Waals surface area contributed by atoms with Crippen LogP contribution in [0.1, 0.15) is 30.5 Å². The highest BCUT2D eigenvalue weighted by molar-refractivity contribution is 6.35. The van der Waals surface area contributed by atoms with Gasteiger partial charge in [0, 0.05) is 50.5 Å². The predicted molar refractivity (Wildman–Crippen MR) is 185 cm³/mol. The van der Waals surface area contributed by atoms with Crippen LogP contribution in [0.2, 0.25) is 5.02 Å². The first kappa shape index (κ1) is 25.4. The Hall–Kier alpha value is -5.12. The monoisotopic (exact) mass is 585 g/mol. The molecule has 0 bridgehead atoms. The van der Waals surface area contributed by atoms with Crippen molar-refractivity contribution >= 4 is 61.3 Å². The van der Waals surface area contributed by atoms with Gasteiger partial charge in [-0.05, 0) is 66.1 Å². The molecule has 3 nitrogen and oxygen atoms in total. The second kappa shape index (κ2) is 9.70. The van der Waals surface area contributed by atoms with E-state index in [9.17, 15) is 0 Å². The fourth-order valence-electron chi connectivity index (χ4n) is 7.17. The second-order valence-corrected chi connectivity index (χ2v) is 12.2. The van der Waals surface area contributed by atoms with Gasteiger partial charge in [0.15, 0.2) is 0 Å². The molecular formula is C40H28ClN3. The summed E-state index contributed by atoms with van der Waals surface area (Å²) in [5, 5.41) is 5.44. The van der Waals surface area contributed by atoms with Gasteiger partial charge < -0.3 is 4.57 Å². The lowest BCUT2D eigenvalue weighted by atomic mass is 9.92. The molecule has 0 saturated carbocycles. The molecule has 1 atom stereocenters. The van der Waals surface area contributed by atoms with E-state index in [0.29, 0.717) is 5.92 Å². The van der Waals surface area contributed by atoms with E-state index in [0.717, 1.165) is 33.7 Å². The van der Waals surface area contributed by atoms with Crippen LogP contribution in [0.25, 0.3) is 72.3 Å². The van der Waals surface area contributed by atoms with Crippen molar-refractivity contribution in [1.82, 2.24) is 14.1 Å². The third kappa shape index (κ3) is 3.73. The van der Waals surface area contributed by atoms with Gasteiger partial charge in [-0.2, -0.15) is 0 Å². The lowest BCUT2D eigenvalue weighted by Crippen LogP contribution is -2.08. The molecule has 8 aromatic rings. The van der Waals surface area contributed by atoms with Crippen molar-refractivity contribution in [2.24, 2.45) is 0 Å². The third-order valence-electron chi connectivity index (χ3n) is 9.19. The molecule has 0 aliphatic heterocycles. The fraction of sp³-hybridized carbons (Fsp3) is 0.0750. The number of fused-ring (bicyclic) bond motifs is 7. The van der Waals surface area contributed by atoms with Gasteiger partial charge in [0.25, 0.3) is 0 Å². The van der Waals surface area contributed by atoms with E-state index in [2.05, 4.69) is 119 Å². The molecule has 3 heterocycles. The number of nitrogens with zero attached hydrogens (tertiary/aromatic N) is 3. The zero-order valence-electron chi connectivity index (χ0n) is 24.2. The molecule has 0 N–H and O–H groups in total. The van der Waals surface area contributed by atoms with E-state index in [1.807, 2.05) is 30.3 Å². The van der Waals surface area contributed by atoms with Crippen molar-refractivity contribution in [3.63, 3.8) is 0 Å². The summed E-state index contributed by atoms with van der Waals surface area (Å²) in [7, 11) is 0. The number of hydrogen-bond donors (Lipinski definition) is 0. The third-order valence-corrected chi connectivity index (χ3v) is 9.50. The molecule has 0 amide bonds. The molecule has 1 unspecified atom stereocenters. The van der Waals surface area contributed by atoms with Gasteiger partial charge in [-0.1, -0.05) is 97.4 Å². The topological polar surface area (TPSA) is 22.8 Å². The SMILES string of the molecule is CC1CC=Cc2c1n(-c1cc(Cl)c3ccccc3n1)c1ccc(-c3ccc4c(c3)c3ccccc3n4-c3ccccc3)cc21. The number of hydrogen-bond acceptors (Lipinski definition) is 1. The minimum absolute atomic E-state index is 0.360. The minimum Gasteiger partial charge on any atom is -0.309 e. The lowest BCUT2D eigenvalue weighted by molar-refractivity contribution is 0.719. The standard InChI is InChI=1S/C40H28ClN3/c1-25-10-9-15-30-33-23-27(19-21-38(33)44(40(25)30)39-24-34(41)31-14-5-7-16-35(31)42-39)26-18-20-37-32(22-26)29-13-6-8-17-36(29)43(37)28-11-3-2-4-12-28/h2-9,11-25H,10H2,1H3. The highest BCUT2D eigenvalue weighted by Crippen LogP contribution is 2.42. The van der Waals surface area contributed by atoms with E-state index in [4.69, 9.17) is 16.6 Å². The maximum absolute atomic E-state index is 6.82. The molecule has 0 fully saturated rings. The number of rotatable bonds is 3. The average Bonchev–Trinajstić information content (AvgIpc) is 3.58. The highest BCUT2D eigenvalue weighted by Gasteiger charge is 2.25. The zero-order valence-corrected chi connectivity index (χ0v) is 25.0. The summed E-state index contributed by atoms with van der Waals surface area (Å²) in [5.41, 5.74) is 10.6. The van der Waals surface area contributed by atoms with E-state index in [-0.39, 0.29) is 0 Å². The number of pyridine rings is 1. The summed E-state index contributed by atoms with van der Waals surface area (Å²) in [5.74, 6) is 1.23. The van der Waals surface area contributed by atoms with E-state index >= 15 is 0 Å². The summed E-state index contributed by atoms with van der Waals surface area (Å²) >= 11 is 6.82. The number of benzene rings is 5. The first-order valence-electron chi connectivity index (χ1n) is 15.2. The Bertz CT molecular complexity index is 2450. The van der Waals surface area contributed by atoms with Gasteiger partial charge in [0.05, 0.1) is 27.1 Å². The quantitative estimate of drug-likeness (QED) is 0.202. The van der Waals surface area contributed by atoms with Gasteiger partial charge >= 0.3 is 0 Å². The summed E-state index contributed by atoms with van der Waals surface area (Å²) in [6, 6.07) is 43.2. The van der Waals surface area contributed by atoms with Crippen LogP contribution in [0, 0.1) is 0 Å². The summed E-state index contributed by atoms with van der Waals surface area (Å²) in [6.07, 6.45) is 5.59. The minimum atomic E-state index is 0.360. The van der Waals surface area contributed by atoms with Crippen LogP contribution in [0.4, 0.5) is 0 Å².